The van der Waals surface area contributed by atoms with Crippen LogP contribution in [0.2, 0.25) is 0 Å². The standard InChI is InChI=1S/C19H31BrN4O2.HI/c1-13-7-8-14(20)11-15(13)24-17(25)9-10-22-18(21-5)23-12-16(26-6)19(2,3)4;/h7-8,11,16H,9-10,12H2,1-6H3,(H,24,25)(H2,21,22,23);1H. The summed E-state index contributed by atoms with van der Waals surface area (Å²) >= 11 is 3.42. The quantitative estimate of drug-likeness (QED) is 0.271. The summed E-state index contributed by atoms with van der Waals surface area (Å²) in [6, 6.07) is 5.82. The molecule has 6 nitrogen and oxygen atoms in total. The van der Waals surface area contributed by atoms with Crippen molar-refractivity contribution in [3.05, 3.63) is 28.2 Å². The first kappa shape index (κ1) is 26.1. The molecule has 0 aliphatic carbocycles. The molecule has 0 saturated heterocycles. The number of nitrogens with one attached hydrogen (secondary N) is 3. The number of carbonyl (C=O) groups excluding carboxylic acids is 1. The molecule has 0 aromatic heterocycles. The Labute approximate surface area is 188 Å². The maximum atomic E-state index is 12.1. The molecule has 0 fully saturated rings. The first-order valence-electron chi connectivity index (χ1n) is 8.70. The second-order valence-corrected chi connectivity index (χ2v) is 8.14. The van der Waals surface area contributed by atoms with Crippen molar-refractivity contribution in [1.29, 1.82) is 0 Å². The molecule has 0 heterocycles. The molecule has 8 heteroatoms. The molecule has 3 N–H and O–H groups in total. The van der Waals surface area contributed by atoms with Gasteiger partial charge in [0.05, 0.1) is 6.10 Å². The number of amides is 1. The van der Waals surface area contributed by atoms with Gasteiger partial charge in [-0.25, -0.2) is 0 Å². The van der Waals surface area contributed by atoms with Gasteiger partial charge in [-0.1, -0.05) is 42.8 Å². The highest BCUT2D eigenvalue weighted by atomic mass is 127. The zero-order chi connectivity index (χ0) is 19.7. The summed E-state index contributed by atoms with van der Waals surface area (Å²) < 4.78 is 6.46. The fourth-order valence-corrected chi connectivity index (χ4v) is 2.75. The molecule has 1 aromatic rings. The van der Waals surface area contributed by atoms with Crippen molar-refractivity contribution in [1.82, 2.24) is 10.6 Å². The van der Waals surface area contributed by atoms with Crippen molar-refractivity contribution in [3.63, 3.8) is 0 Å². The third kappa shape index (κ3) is 9.75. The Hall–Kier alpha value is -0.870. The molecule has 1 rings (SSSR count). The highest BCUT2D eigenvalue weighted by Gasteiger charge is 2.24. The summed E-state index contributed by atoms with van der Waals surface area (Å²) in [4.78, 5) is 16.3. The van der Waals surface area contributed by atoms with Crippen molar-refractivity contribution in [2.45, 2.75) is 40.2 Å². The predicted molar refractivity (Wildman–Crippen MR) is 127 cm³/mol. The van der Waals surface area contributed by atoms with E-state index >= 15 is 0 Å². The van der Waals surface area contributed by atoms with Crippen LogP contribution >= 0.6 is 39.9 Å². The molecule has 1 unspecified atom stereocenters. The minimum Gasteiger partial charge on any atom is -0.379 e. The first-order chi connectivity index (χ1) is 12.2. The number of guanidine groups is 1. The third-order valence-corrected chi connectivity index (χ3v) is 4.54. The number of benzene rings is 1. The van der Waals surface area contributed by atoms with Gasteiger partial charge in [-0.2, -0.15) is 0 Å². The fourth-order valence-electron chi connectivity index (χ4n) is 2.39. The monoisotopic (exact) mass is 554 g/mol. The molecule has 1 atom stereocenters. The van der Waals surface area contributed by atoms with E-state index in [0.717, 1.165) is 15.7 Å². The fraction of sp³-hybridized carbons (Fsp3) is 0.579. The Morgan fingerprint density at radius 3 is 2.52 bits per heavy atom. The maximum Gasteiger partial charge on any atom is 0.226 e. The molecule has 0 radical (unpaired) electrons. The Morgan fingerprint density at radius 2 is 1.96 bits per heavy atom. The molecule has 1 aromatic carbocycles. The molecule has 0 bridgehead atoms. The summed E-state index contributed by atoms with van der Waals surface area (Å²) in [6.45, 7) is 9.50. The van der Waals surface area contributed by atoms with Crippen LogP contribution in [0, 0.1) is 12.3 Å². The number of aryl methyl sites for hydroxylation is 1. The van der Waals surface area contributed by atoms with Gasteiger partial charge in [0.2, 0.25) is 5.91 Å². The zero-order valence-corrected chi connectivity index (χ0v) is 20.9. The van der Waals surface area contributed by atoms with Crippen LogP contribution in [0.15, 0.2) is 27.7 Å². The summed E-state index contributed by atoms with van der Waals surface area (Å²) in [6.07, 6.45) is 0.406. The van der Waals surface area contributed by atoms with Crippen molar-refractivity contribution >= 4 is 57.5 Å². The normalized spacial score (nSPS) is 12.8. The van der Waals surface area contributed by atoms with Crippen LogP contribution in [0.3, 0.4) is 0 Å². The number of hydrogen-bond donors (Lipinski definition) is 3. The lowest BCUT2D eigenvalue weighted by atomic mass is 9.89. The van der Waals surface area contributed by atoms with Crippen molar-refractivity contribution in [3.8, 4) is 0 Å². The van der Waals surface area contributed by atoms with E-state index in [2.05, 4.69) is 57.6 Å². The zero-order valence-electron chi connectivity index (χ0n) is 17.0. The minimum absolute atomic E-state index is 0. The molecule has 0 spiro atoms. The molecule has 27 heavy (non-hydrogen) atoms. The SMILES string of the molecule is CN=C(NCCC(=O)Nc1cc(Br)ccc1C)NCC(OC)C(C)(C)C.I. The van der Waals surface area contributed by atoms with Crippen molar-refractivity contribution in [2.75, 3.05) is 32.6 Å². The van der Waals surface area contributed by atoms with Crippen LogP contribution in [0.4, 0.5) is 5.69 Å². The van der Waals surface area contributed by atoms with Crippen LogP contribution in [-0.2, 0) is 9.53 Å². The topological polar surface area (TPSA) is 74.8 Å². The first-order valence-corrected chi connectivity index (χ1v) is 9.50. The van der Waals surface area contributed by atoms with Crippen LogP contribution in [-0.4, -0.2) is 45.2 Å². The number of aliphatic imine (C=N–C) groups is 1. The number of hydrogen-bond acceptors (Lipinski definition) is 3. The summed E-state index contributed by atoms with van der Waals surface area (Å²) in [5.41, 5.74) is 1.88. The lowest BCUT2D eigenvalue weighted by Gasteiger charge is -2.30. The van der Waals surface area contributed by atoms with Gasteiger partial charge in [0.25, 0.3) is 0 Å². The van der Waals surface area contributed by atoms with Crippen LogP contribution < -0.4 is 16.0 Å². The number of anilines is 1. The number of nitrogens with zero attached hydrogens (tertiary/aromatic N) is 1. The van der Waals surface area contributed by atoms with Gasteiger partial charge < -0.3 is 20.7 Å². The lowest BCUT2D eigenvalue weighted by molar-refractivity contribution is -0.116. The molecule has 0 saturated carbocycles. The van der Waals surface area contributed by atoms with E-state index in [1.165, 1.54) is 0 Å². The van der Waals surface area contributed by atoms with E-state index in [-0.39, 0.29) is 41.4 Å². The van der Waals surface area contributed by atoms with Gasteiger partial charge in [0.15, 0.2) is 5.96 Å². The van der Waals surface area contributed by atoms with Crippen LogP contribution in [0.25, 0.3) is 0 Å². The largest absolute Gasteiger partial charge is 0.379 e. The number of halogens is 2. The van der Waals surface area contributed by atoms with Gasteiger partial charge in [-0.05, 0) is 30.0 Å². The van der Waals surface area contributed by atoms with E-state index in [1.54, 1.807) is 14.2 Å². The lowest BCUT2D eigenvalue weighted by Crippen LogP contribution is -2.45. The molecule has 0 aliphatic rings. The summed E-state index contributed by atoms with van der Waals surface area (Å²) in [5, 5.41) is 9.33. The number of rotatable bonds is 7. The molecular formula is C19H32BrIN4O2. The number of ether oxygens (including phenoxy) is 1. The summed E-state index contributed by atoms with van der Waals surface area (Å²) in [5.74, 6) is 0.612. The Kier molecular flexibility index (Phi) is 12.2. The maximum absolute atomic E-state index is 12.1. The Balaban J connectivity index is 0.00000676. The average molecular weight is 555 g/mol. The number of methoxy groups -OCH3 is 1. The van der Waals surface area contributed by atoms with Gasteiger partial charge >= 0.3 is 0 Å². The Bertz CT molecular complexity index is 633. The van der Waals surface area contributed by atoms with Crippen molar-refractivity contribution in [2.24, 2.45) is 10.4 Å². The molecule has 1 amide bonds. The van der Waals surface area contributed by atoms with Gasteiger partial charge in [-0.3, -0.25) is 9.79 Å². The van der Waals surface area contributed by atoms with Crippen LogP contribution in [0.1, 0.15) is 32.8 Å². The highest BCUT2D eigenvalue weighted by molar-refractivity contribution is 14.0. The second-order valence-electron chi connectivity index (χ2n) is 7.23. The van der Waals surface area contributed by atoms with Gasteiger partial charge in [0, 0.05) is 43.8 Å². The van der Waals surface area contributed by atoms with E-state index in [4.69, 9.17) is 4.74 Å². The van der Waals surface area contributed by atoms with Crippen molar-refractivity contribution < 1.29 is 9.53 Å². The predicted octanol–water partition coefficient (Wildman–Crippen LogP) is 3.93. The third-order valence-electron chi connectivity index (χ3n) is 4.05. The highest BCUT2D eigenvalue weighted by Crippen LogP contribution is 2.21. The average Bonchev–Trinajstić information content (AvgIpc) is 2.55. The van der Waals surface area contributed by atoms with E-state index in [0.29, 0.717) is 25.5 Å². The molecular weight excluding hydrogens is 523 g/mol. The number of carbonyl (C=O) groups is 1. The summed E-state index contributed by atoms with van der Waals surface area (Å²) in [7, 11) is 3.42. The van der Waals surface area contributed by atoms with E-state index in [1.807, 2.05) is 25.1 Å². The van der Waals surface area contributed by atoms with E-state index < -0.39 is 0 Å². The second kappa shape index (κ2) is 12.6. The Morgan fingerprint density at radius 1 is 1.30 bits per heavy atom. The van der Waals surface area contributed by atoms with E-state index in [9.17, 15) is 4.79 Å². The smallest absolute Gasteiger partial charge is 0.226 e. The minimum atomic E-state index is -0.0430. The van der Waals surface area contributed by atoms with Gasteiger partial charge in [0.1, 0.15) is 0 Å². The van der Waals surface area contributed by atoms with Gasteiger partial charge in [-0.15, -0.1) is 24.0 Å². The molecule has 0 aliphatic heterocycles. The van der Waals surface area contributed by atoms with Crippen LogP contribution in [0.5, 0.6) is 0 Å². The molecule has 154 valence electrons.